The summed E-state index contributed by atoms with van der Waals surface area (Å²) >= 11 is 1.52. The highest BCUT2D eigenvalue weighted by atomic mass is 32.1. The first kappa shape index (κ1) is 22.0. The fourth-order valence-corrected chi connectivity index (χ4v) is 4.59. The lowest BCUT2D eigenvalue weighted by molar-refractivity contribution is 0.00166. The van der Waals surface area contributed by atoms with Crippen molar-refractivity contribution >= 4 is 17.2 Å². The zero-order valence-electron chi connectivity index (χ0n) is 17.7. The number of aromatic nitrogens is 1. The molecule has 2 fully saturated rings. The average Bonchev–Trinajstić information content (AvgIpc) is 3.53. The number of rotatable bonds is 9. The van der Waals surface area contributed by atoms with Crippen molar-refractivity contribution in [3.8, 4) is 11.5 Å². The van der Waals surface area contributed by atoms with Crippen molar-refractivity contribution in [1.29, 1.82) is 0 Å². The maximum atomic E-state index is 12.9. The second-order valence-corrected chi connectivity index (χ2v) is 8.40. The fraction of sp³-hybridized carbons (Fsp3) is 0.545. The maximum Gasteiger partial charge on any atom is 0.251 e. The quantitative estimate of drug-likeness (QED) is 0.631. The Bertz CT molecular complexity index is 836. The van der Waals surface area contributed by atoms with E-state index >= 15 is 0 Å². The molecule has 1 aromatic heterocycles. The van der Waals surface area contributed by atoms with Gasteiger partial charge < -0.3 is 24.3 Å². The Balaban J connectivity index is 1.38. The van der Waals surface area contributed by atoms with Gasteiger partial charge in [-0.2, -0.15) is 0 Å². The van der Waals surface area contributed by atoms with Gasteiger partial charge in [-0.15, -0.1) is 11.3 Å². The summed E-state index contributed by atoms with van der Waals surface area (Å²) in [6.45, 7) is 5.71. The monoisotopic (exact) mass is 447 g/mol. The second kappa shape index (κ2) is 10.9. The summed E-state index contributed by atoms with van der Waals surface area (Å²) in [6, 6.07) is 5.49. The van der Waals surface area contributed by atoms with Gasteiger partial charge in [-0.25, -0.2) is 4.98 Å². The van der Waals surface area contributed by atoms with Crippen molar-refractivity contribution in [2.75, 3.05) is 53.2 Å². The first-order valence-corrected chi connectivity index (χ1v) is 11.5. The van der Waals surface area contributed by atoms with Gasteiger partial charge >= 0.3 is 0 Å². The molecule has 168 valence electrons. The van der Waals surface area contributed by atoms with E-state index in [1.165, 1.54) is 11.3 Å². The van der Waals surface area contributed by atoms with Crippen LogP contribution < -0.4 is 14.8 Å². The molecule has 0 spiro atoms. The van der Waals surface area contributed by atoms with Crippen LogP contribution in [0.4, 0.5) is 0 Å². The van der Waals surface area contributed by atoms with Crippen molar-refractivity contribution < 1.29 is 23.7 Å². The molecule has 2 aromatic rings. The number of nitrogens with one attached hydrogen (secondary N) is 1. The number of carbonyl (C=O) groups is 1. The van der Waals surface area contributed by atoms with E-state index in [0.717, 1.165) is 51.6 Å². The standard InChI is InChI=1S/C22H29N3O5S/c1-27-21-10-16(2-3-20(21)30-13-18-14-31-15-24-18)22(26)23-11-19(17-4-7-29-12-17)25-5-8-28-9-6-25/h2-3,10,14-15,17,19H,4-9,11-13H2,1H3,(H,23,26). The van der Waals surface area contributed by atoms with Crippen LogP contribution >= 0.6 is 11.3 Å². The number of morpholine rings is 1. The van der Waals surface area contributed by atoms with Crippen LogP contribution in [-0.2, 0) is 16.1 Å². The van der Waals surface area contributed by atoms with E-state index in [4.69, 9.17) is 18.9 Å². The molecule has 9 heteroatoms. The van der Waals surface area contributed by atoms with Gasteiger partial charge in [-0.1, -0.05) is 0 Å². The highest BCUT2D eigenvalue weighted by Crippen LogP contribution is 2.29. The number of carbonyl (C=O) groups excluding carboxylic acids is 1. The number of hydrogen-bond acceptors (Lipinski definition) is 8. The van der Waals surface area contributed by atoms with Crippen LogP contribution in [0.5, 0.6) is 11.5 Å². The molecule has 1 amide bonds. The molecule has 0 saturated carbocycles. The zero-order valence-corrected chi connectivity index (χ0v) is 18.6. The van der Waals surface area contributed by atoms with E-state index in [1.807, 2.05) is 5.38 Å². The molecule has 2 aliphatic rings. The summed E-state index contributed by atoms with van der Waals surface area (Å²) in [4.78, 5) is 19.5. The van der Waals surface area contributed by atoms with Crippen LogP contribution in [0.3, 0.4) is 0 Å². The van der Waals surface area contributed by atoms with Crippen molar-refractivity contribution in [3.63, 3.8) is 0 Å². The number of amides is 1. The molecule has 1 aromatic carbocycles. The van der Waals surface area contributed by atoms with Crippen LogP contribution in [0.2, 0.25) is 0 Å². The minimum absolute atomic E-state index is 0.124. The van der Waals surface area contributed by atoms with E-state index < -0.39 is 0 Å². The molecule has 0 radical (unpaired) electrons. The average molecular weight is 448 g/mol. The summed E-state index contributed by atoms with van der Waals surface area (Å²) in [6.07, 6.45) is 1.02. The number of methoxy groups -OCH3 is 1. The zero-order chi connectivity index (χ0) is 21.5. The fourth-order valence-electron chi connectivity index (χ4n) is 4.05. The Morgan fingerprint density at radius 3 is 2.87 bits per heavy atom. The van der Waals surface area contributed by atoms with Crippen molar-refractivity contribution in [2.24, 2.45) is 5.92 Å². The van der Waals surface area contributed by atoms with Gasteiger partial charge in [0.1, 0.15) is 6.61 Å². The van der Waals surface area contributed by atoms with Crippen molar-refractivity contribution in [1.82, 2.24) is 15.2 Å². The van der Waals surface area contributed by atoms with Gasteiger partial charge in [-0.3, -0.25) is 9.69 Å². The Kier molecular flexibility index (Phi) is 7.74. The van der Waals surface area contributed by atoms with Crippen LogP contribution in [0.25, 0.3) is 0 Å². The Hall–Kier alpha value is -2.20. The maximum absolute atomic E-state index is 12.9. The normalized spacial score (nSPS) is 20.4. The topological polar surface area (TPSA) is 82.2 Å². The van der Waals surface area contributed by atoms with Gasteiger partial charge in [0.05, 0.1) is 38.1 Å². The summed E-state index contributed by atoms with van der Waals surface area (Å²) < 4.78 is 22.4. The number of ether oxygens (including phenoxy) is 4. The van der Waals surface area contributed by atoms with Crippen molar-refractivity contribution in [3.05, 3.63) is 40.3 Å². The number of nitrogens with zero attached hydrogens (tertiary/aromatic N) is 2. The smallest absolute Gasteiger partial charge is 0.251 e. The molecule has 2 atom stereocenters. The third-order valence-electron chi connectivity index (χ3n) is 5.78. The summed E-state index contributed by atoms with van der Waals surface area (Å²) in [7, 11) is 1.57. The van der Waals surface area contributed by atoms with Gasteiger partial charge in [0.25, 0.3) is 5.91 Å². The predicted octanol–water partition coefficient (Wildman–Crippen LogP) is 2.20. The number of benzene rings is 1. The molecule has 2 aliphatic heterocycles. The van der Waals surface area contributed by atoms with Crippen LogP contribution in [0.15, 0.2) is 29.1 Å². The lowest BCUT2D eigenvalue weighted by Crippen LogP contribution is -2.52. The molecule has 2 saturated heterocycles. The molecule has 31 heavy (non-hydrogen) atoms. The van der Waals surface area contributed by atoms with E-state index in [0.29, 0.717) is 36.1 Å². The minimum atomic E-state index is -0.124. The predicted molar refractivity (Wildman–Crippen MR) is 117 cm³/mol. The van der Waals surface area contributed by atoms with E-state index in [2.05, 4.69) is 15.2 Å². The third kappa shape index (κ3) is 5.74. The Labute approximate surface area is 186 Å². The SMILES string of the molecule is COc1cc(C(=O)NCC(C2CCOC2)N2CCOCC2)ccc1OCc1cscn1. The Morgan fingerprint density at radius 2 is 2.16 bits per heavy atom. The van der Waals surface area contributed by atoms with Gasteiger partial charge in [0.2, 0.25) is 0 Å². The summed E-state index contributed by atoms with van der Waals surface area (Å²) in [5.41, 5.74) is 3.17. The lowest BCUT2D eigenvalue weighted by Gasteiger charge is -2.37. The molecule has 0 aliphatic carbocycles. The Morgan fingerprint density at radius 1 is 1.29 bits per heavy atom. The van der Waals surface area contributed by atoms with Crippen LogP contribution in [0, 0.1) is 5.92 Å². The molecule has 0 bridgehead atoms. The minimum Gasteiger partial charge on any atom is -0.493 e. The van der Waals surface area contributed by atoms with Crippen LogP contribution in [0.1, 0.15) is 22.5 Å². The number of hydrogen-bond donors (Lipinski definition) is 1. The van der Waals surface area contributed by atoms with Gasteiger partial charge in [0, 0.05) is 49.1 Å². The molecular formula is C22H29N3O5S. The van der Waals surface area contributed by atoms with E-state index in [-0.39, 0.29) is 11.9 Å². The molecular weight excluding hydrogens is 418 g/mol. The first-order chi connectivity index (χ1) is 15.2. The van der Waals surface area contributed by atoms with E-state index in [1.54, 1.807) is 30.8 Å². The lowest BCUT2D eigenvalue weighted by atomic mass is 9.96. The molecule has 1 N–H and O–H groups in total. The van der Waals surface area contributed by atoms with Crippen LogP contribution in [-0.4, -0.2) is 75.0 Å². The molecule has 8 nitrogen and oxygen atoms in total. The first-order valence-electron chi connectivity index (χ1n) is 10.6. The van der Waals surface area contributed by atoms with Crippen molar-refractivity contribution in [2.45, 2.75) is 19.1 Å². The highest BCUT2D eigenvalue weighted by Gasteiger charge is 2.31. The second-order valence-electron chi connectivity index (χ2n) is 7.68. The summed E-state index contributed by atoms with van der Waals surface area (Å²) in [5, 5.41) is 5.06. The molecule has 4 rings (SSSR count). The summed E-state index contributed by atoms with van der Waals surface area (Å²) in [5.74, 6) is 1.41. The largest absolute Gasteiger partial charge is 0.493 e. The highest BCUT2D eigenvalue weighted by molar-refractivity contribution is 7.07. The third-order valence-corrected chi connectivity index (χ3v) is 6.42. The molecule has 2 unspecified atom stereocenters. The molecule has 3 heterocycles. The van der Waals surface area contributed by atoms with Gasteiger partial charge in [0.15, 0.2) is 11.5 Å². The number of thiazole rings is 1. The van der Waals surface area contributed by atoms with E-state index in [9.17, 15) is 4.79 Å². The van der Waals surface area contributed by atoms with Gasteiger partial charge in [-0.05, 0) is 24.6 Å².